The quantitative estimate of drug-likeness (QED) is 0.781. The van der Waals surface area contributed by atoms with Crippen LogP contribution in [0.25, 0.3) is 0 Å². The van der Waals surface area contributed by atoms with Crippen LogP contribution in [-0.4, -0.2) is 65.5 Å². The van der Waals surface area contributed by atoms with Crippen LogP contribution in [-0.2, 0) is 21.5 Å². The van der Waals surface area contributed by atoms with Gasteiger partial charge in [0.15, 0.2) is 0 Å². The average molecular weight is 393 g/mol. The molecule has 3 aliphatic heterocycles. The highest BCUT2D eigenvalue weighted by Crippen LogP contribution is 2.41. The molecule has 1 aromatic heterocycles. The fraction of sp³-hybridized carbons (Fsp3) is 0.684. The van der Waals surface area contributed by atoms with Crippen molar-refractivity contribution in [2.24, 2.45) is 5.41 Å². The van der Waals surface area contributed by atoms with Gasteiger partial charge in [-0.3, -0.25) is 9.78 Å². The van der Waals surface area contributed by atoms with E-state index in [1.165, 1.54) is 0 Å². The summed E-state index contributed by atoms with van der Waals surface area (Å²) in [6.45, 7) is 3.77. The van der Waals surface area contributed by atoms with Gasteiger partial charge in [-0.25, -0.2) is 0 Å². The molecule has 148 valence electrons. The van der Waals surface area contributed by atoms with Crippen molar-refractivity contribution >= 4 is 16.1 Å². The number of carbonyl (C=O) groups excluding carboxylic acids is 1. The van der Waals surface area contributed by atoms with Crippen LogP contribution < -0.4 is 0 Å². The molecule has 1 amide bonds. The van der Waals surface area contributed by atoms with Crippen LogP contribution in [0.5, 0.6) is 0 Å². The van der Waals surface area contributed by atoms with E-state index in [1.54, 1.807) is 21.0 Å². The molecule has 4 heterocycles. The maximum absolute atomic E-state index is 12.8. The molecule has 7 nitrogen and oxygen atoms in total. The Morgan fingerprint density at radius 2 is 1.59 bits per heavy atom. The number of likely N-dealkylation sites (tertiary alicyclic amines) is 1. The number of hydrogen-bond acceptors (Lipinski definition) is 4. The molecule has 1 aromatic rings. The first-order valence-electron chi connectivity index (χ1n) is 9.91. The van der Waals surface area contributed by atoms with Crippen molar-refractivity contribution in [2.45, 2.75) is 45.1 Å². The zero-order chi connectivity index (χ0) is 18.9. The lowest BCUT2D eigenvalue weighted by Gasteiger charge is -2.47. The number of piperidine rings is 2. The second-order valence-corrected chi connectivity index (χ2v) is 10.0. The first-order valence-corrected chi connectivity index (χ1v) is 11.3. The van der Waals surface area contributed by atoms with E-state index >= 15 is 0 Å². The molecule has 0 bridgehead atoms. The summed E-state index contributed by atoms with van der Waals surface area (Å²) in [6.07, 6.45) is 8.52. The third-order valence-electron chi connectivity index (χ3n) is 6.37. The summed E-state index contributed by atoms with van der Waals surface area (Å²) in [7, 11) is -3.31. The first-order chi connectivity index (χ1) is 13.0. The highest BCUT2D eigenvalue weighted by molar-refractivity contribution is 7.86. The molecule has 3 saturated heterocycles. The monoisotopic (exact) mass is 392 g/mol. The fourth-order valence-electron chi connectivity index (χ4n) is 4.64. The number of amides is 1. The predicted molar refractivity (Wildman–Crippen MR) is 102 cm³/mol. The number of rotatable bonds is 4. The van der Waals surface area contributed by atoms with Crippen LogP contribution in [0.4, 0.5) is 0 Å². The zero-order valence-corrected chi connectivity index (χ0v) is 16.5. The molecular formula is C19H28N4O3S. The minimum absolute atomic E-state index is 0.0535. The molecule has 3 fully saturated rings. The second-order valence-electron chi connectivity index (χ2n) is 8.12. The molecule has 0 radical (unpaired) electrons. The number of aromatic nitrogens is 1. The maximum Gasteiger partial charge on any atom is 0.281 e. The van der Waals surface area contributed by atoms with Gasteiger partial charge in [0.2, 0.25) is 5.91 Å². The van der Waals surface area contributed by atoms with E-state index in [9.17, 15) is 13.2 Å². The van der Waals surface area contributed by atoms with E-state index in [4.69, 9.17) is 0 Å². The molecule has 1 spiro atoms. The summed E-state index contributed by atoms with van der Waals surface area (Å²) in [5, 5.41) is 0. The largest absolute Gasteiger partial charge is 0.338 e. The van der Waals surface area contributed by atoms with Gasteiger partial charge in [0, 0.05) is 58.1 Å². The number of pyridine rings is 1. The van der Waals surface area contributed by atoms with Crippen LogP contribution >= 0.6 is 0 Å². The third-order valence-corrected chi connectivity index (χ3v) is 8.41. The highest BCUT2D eigenvalue weighted by atomic mass is 32.2. The normalized spacial score (nSPS) is 24.6. The highest BCUT2D eigenvalue weighted by Gasteiger charge is 2.44. The summed E-state index contributed by atoms with van der Waals surface area (Å²) in [5.74, 6) is 0.199. The Kier molecular flexibility index (Phi) is 5.22. The Balaban J connectivity index is 1.40. The van der Waals surface area contributed by atoms with Crippen LogP contribution in [0.15, 0.2) is 24.5 Å². The summed E-state index contributed by atoms with van der Waals surface area (Å²) >= 11 is 0. The summed E-state index contributed by atoms with van der Waals surface area (Å²) in [6, 6.07) is 3.89. The standard InChI is InChI=1S/C19H28N4O3S/c24-18-3-6-19(16-21(18)15-17-4-9-20-10-5-17)7-13-23(14-8-19)27(25,26)22-11-1-2-12-22/h4-5,9-10H,1-3,6-8,11-16H2. The van der Waals surface area contributed by atoms with E-state index in [1.807, 2.05) is 17.0 Å². The van der Waals surface area contributed by atoms with E-state index < -0.39 is 10.2 Å². The second kappa shape index (κ2) is 7.48. The lowest BCUT2D eigenvalue weighted by Crippen LogP contribution is -2.53. The van der Waals surface area contributed by atoms with Crippen molar-refractivity contribution in [1.82, 2.24) is 18.5 Å². The molecule has 0 saturated carbocycles. The molecule has 3 aliphatic rings. The van der Waals surface area contributed by atoms with Crippen LogP contribution in [0.1, 0.15) is 44.1 Å². The molecule has 0 N–H and O–H groups in total. The van der Waals surface area contributed by atoms with Crippen LogP contribution in [0, 0.1) is 5.41 Å². The molecule has 0 aromatic carbocycles. The zero-order valence-electron chi connectivity index (χ0n) is 15.7. The molecule has 4 rings (SSSR count). The van der Waals surface area contributed by atoms with Gasteiger partial charge in [-0.2, -0.15) is 17.0 Å². The van der Waals surface area contributed by atoms with Crippen LogP contribution in [0.2, 0.25) is 0 Å². The average Bonchev–Trinajstić information content (AvgIpc) is 3.22. The van der Waals surface area contributed by atoms with Gasteiger partial charge < -0.3 is 4.90 Å². The number of nitrogens with zero attached hydrogens (tertiary/aromatic N) is 4. The minimum Gasteiger partial charge on any atom is -0.338 e. The van der Waals surface area contributed by atoms with Gasteiger partial charge in [0.25, 0.3) is 10.2 Å². The SMILES string of the molecule is O=C1CCC2(CCN(S(=O)(=O)N3CCCC3)CC2)CN1Cc1ccncc1. The van der Waals surface area contributed by atoms with Crippen molar-refractivity contribution in [3.05, 3.63) is 30.1 Å². The lowest BCUT2D eigenvalue weighted by atomic mass is 9.72. The van der Waals surface area contributed by atoms with Crippen molar-refractivity contribution < 1.29 is 13.2 Å². The number of hydrogen-bond donors (Lipinski definition) is 0. The van der Waals surface area contributed by atoms with Crippen molar-refractivity contribution in [2.75, 3.05) is 32.7 Å². The molecule has 8 heteroatoms. The Morgan fingerprint density at radius 3 is 2.26 bits per heavy atom. The topological polar surface area (TPSA) is 73.8 Å². The predicted octanol–water partition coefficient (Wildman–Crippen LogP) is 1.63. The Labute approximate surface area is 161 Å². The van der Waals surface area contributed by atoms with E-state index in [0.29, 0.717) is 39.1 Å². The third kappa shape index (κ3) is 3.88. The molecule has 0 atom stereocenters. The fourth-order valence-corrected chi connectivity index (χ4v) is 6.33. The van der Waals surface area contributed by atoms with Gasteiger partial charge in [-0.05, 0) is 55.2 Å². The van der Waals surface area contributed by atoms with Gasteiger partial charge in [0.05, 0.1) is 0 Å². The first kappa shape index (κ1) is 18.8. The van der Waals surface area contributed by atoms with E-state index in [0.717, 1.165) is 44.2 Å². The molecule has 27 heavy (non-hydrogen) atoms. The summed E-state index contributed by atoms with van der Waals surface area (Å²) in [5.41, 5.74) is 1.14. The van der Waals surface area contributed by atoms with Crippen LogP contribution in [0.3, 0.4) is 0 Å². The summed E-state index contributed by atoms with van der Waals surface area (Å²) in [4.78, 5) is 18.4. The molecular weight excluding hydrogens is 364 g/mol. The van der Waals surface area contributed by atoms with Crippen molar-refractivity contribution in [1.29, 1.82) is 0 Å². The molecule has 0 unspecified atom stereocenters. The number of carbonyl (C=O) groups is 1. The Morgan fingerprint density at radius 1 is 0.963 bits per heavy atom. The maximum atomic E-state index is 12.8. The lowest BCUT2D eigenvalue weighted by molar-refractivity contribution is -0.139. The van der Waals surface area contributed by atoms with E-state index in [2.05, 4.69) is 4.98 Å². The summed E-state index contributed by atoms with van der Waals surface area (Å²) < 4.78 is 28.9. The van der Waals surface area contributed by atoms with Gasteiger partial charge in [0.1, 0.15) is 0 Å². The van der Waals surface area contributed by atoms with Gasteiger partial charge in [-0.1, -0.05) is 0 Å². The van der Waals surface area contributed by atoms with Gasteiger partial charge >= 0.3 is 0 Å². The van der Waals surface area contributed by atoms with Crippen molar-refractivity contribution in [3.8, 4) is 0 Å². The smallest absolute Gasteiger partial charge is 0.281 e. The van der Waals surface area contributed by atoms with E-state index in [-0.39, 0.29) is 11.3 Å². The molecule has 0 aliphatic carbocycles. The Hall–Kier alpha value is -1.51. The van der Waals surface area contributed by atoms with Gasteiger partial charge in [-0.15, -0.1) is 0 Å². The van der Waals surface area contributed by atoms with Crippen molar-refractivity contribution in [3.63, 3.8) is 0 Å². The minimum atomic E-state index is -3.31. The Bertz CT molecular complexity index is 769.